The van der Waals surface area contributed by atoms with Gasteiger partial charge in [0.05, 0.1) is 21.9 Å². The molecule has 156 valence electrons. The van der Waals surface area contributed by atoms with Crippen molar-refractivity contribution in [2.45, 2.75) is 37.8 Å². The van der Waals surface area contributed by atoms with E-state index in [9.17, 15) is 30.4 Å². The maximum Gasteiger partial charge on any atom is 0.270 e. The number of phenols is 1. The van der Waals surface area contributed by atoms with Gasteiger partial charge in [0.25, 0.3) is 11.4 Å². The van der Waals surface area contributed by atoms with Gasteiger partial charge in [-0.1, -0.05) is 24.7 Å². The topological polar surface area (TPSA) is 154 Å². The zero-order valence-corrected chi connectivity index (χ0v) is 15.9. The second-order valence-corrected chi connectivity index (χ2v) is 6.95. The zero-order valence-electron chi connectivity index (χ0n) is 15.9. The van der Waals surface area contributed by atoms with Crippen molar-refractivity contribution in [1.82, 2.24) is 0 Å². The summed E-state index contributed by atoms with van der Waals surface area (Å²) in [5.41, 5.74) is 0.0309. The van der Waals surface area contributed by atoms with Crippen LogP contribution in [0.3, 0.4) is 0 Å². The molecule has 2 aromatic rings. The zero-order chi connectivity index (χ0) is 21.7. The number of nitro groups is 2. The van der Waals surface area contributed by atoms with E-state index < -0.39 is 9.85 Å². The van der Waals surface area contributed by atoms with Gasteiger partial charge in [-0.2, -0.15) is 0 Å². The standard InChI is InChI=1S/C20H20N4O6/c25-19-7-5-15(23(27)28)9-13(19)11-21-17-3-1-2-4-18(17)22-12-14-10-16(24(29)30)6-8-20(14)26/h5-12,17-18,25-26H,1-4H2/p-1. The van der Waals surface area contributed by atoms with E-state index in [4.69, 9.17) is 0 Å². The van der Waals surface area contributed by atoms with Crippen molar-refractivity contribution in [2.24, 2.45) is 9.98 Å². The van der Waals surface area contributed by atoms with E-state index in [0.29, 0.717) is 0 Å². The van der Waals surface area contributed by atoms with Crippen LogP contribution in [0.1, 0.15) is 36.8 Å². The summed E-state index contributed by atoms with van der Waals surface area (Å²) in [7, 11) is 0. The molecule has 1 N–H and O–H groups in total. The molecule has 10 nitrogen and oxygen atoms in total. The summed E-state index contributed by atoms with van der Waals surface area (Å²) in [4.78, 5) is 29.6. The summed E-state index contributed by atoms with van der Waals surface area (Å²) in [6, 6.07) is 6.70. The molecule has 30 heavy (non-hydrogen) atoms. The summed E-state index contributed by atoms with van der Waals surface area (Å²) in [6.07, 6.45) is 6.05. The minimum absolute atomic E-state index is 0.118. The minimum atomic E-state index is -0.573. The lowest BCUT2D eigenvalue weighted by Crippen LogP contribution is -2.27. The van der Waals surface area contributed by atoms with Crippen LogP contribution in [0.5, 0.6) is 11.5 Å². The van der Waals surface area contributed by atoms with Gasteiger partial charge >= 0.3 is 0 Å². The van der Waals surface area contributed by atoms with Crippen LogP contribution in [0.15, 0.2) is 46.4 Å². The van der Waals surface area contributed by atoms with Crippen LogP contribution in [0.4, 0.5) is 11.4 Å². The number of non-ortho nitro benzene ring substituents is 2. The number of aromatic hydroxyl groups is 1. The highest BCUT2D eigenvalue weighted by Crippen LogP contribution is 2.26. The number of nitro benzene ring substituents is 2. The molecule has 0 heterocycles. The summed E-state index contributed by atoms with van der Waals surface area (Å²) in [5, 5.41) is 43.7. The predicted octanol–water partition coefficient (Wildman–Crippen LogP) is 3.13. The minimum Gasteiger partial charge on any atom is -0.872 e. The molecule has 2 unspecified atom stereocenters. The highest BCUT2D eigenvalue weighted by Gasteiger charge is 2.23. The molecule has 1 fully saturated rings. The summed E-state index contributed by atoms with van der Waals surface area (Å²) < 4.78 is 0. The molecular formula is C20H19N4O6-. The first-order valence-electron chi connectivity index (χ1n) is 9.34. The molecule has 0 aliphatic heterocycles. The monoisotopic (exact) mass is 411 g/mol. The predicted molar refractivity (Wildman–Crippen MR) is 109 cm³/mol. The number of aliphatic imine (C=N–C) groups is 2. The van der Waals surface area contributed by atoms with Crippen LogP contribution in [0.2, 0.25) is 0 Å². The Morgan fingerprint density at radius 3 is 1.93 bits per heavy atom. The van der Waals surface area contributed by atoms with Gasteiger partial charge in [0.1, 0.15) is 5.75 Å². The second kappa shape index (κ2) is 9.12. The van der Waals surface area contributed by atoms with E-state index >= 15 is 0 Å². The van der Waals surface area contributed by atoms with Crippen molar-refractivity contribution in [3.8, 4) is 11.5 Å². The first-order valence-corrected chi connectivity index (χ1v) is 9.34. The fourth-order valence-corrected chi connectivity index (χ4v) is 3.30. The third kappa shape index (κ3) is 4.96. The molecule has 1 aliphatic rings. The van der Waals surface area contributed by atoms with E-state index in [-0.39, 0.29) is 46.1 Å². The molecule has 0 bridgehead atoms. The number of nitrogens with zero attached hydrogens (tertiary/aromatic N) is 4. The number of phenolic OH excluding ortho intramolecular Hbond substituents is 1. The van der Waals surface area contributed by atoms with Crippen molar-refractivity contribution in [1.29, 1.82) is 0 Å². The normalized spacial score (nSPS) is 19.3. The molecule has 1 aliphatic carbocycles. The highest BCUT2D eigenvalue weighted by atomic mass is 16.6. The summed E-state index contributed by atoms with van der Waals surface area (Å²) in [5.74, 6) is -0.477. The third-order valence-corrected chi connectivity index (χ3v) is 4.93. The Balaban J connectivity index is 1.81. The highest BCUT2D eigenvalue weighted by molar-refractivity contribution is 5.85. The van der Waals surface area contributed by atoms with Crippen LogP contribution in [0.25, 0.3) is 0 Å². The molecule has 1 saturated carbocycles. The average molecular weight is 411 g/mol. The Morgan fingerprint density at radius 1 is 0.867 bits per heavy atom. The smallest absolute Gasteiger partial charge is 0.270 e. The third-order valence-electron chi connectivity index (χ3n) is 4.93. The van der Waals surface area contributed by atoms with Crippen molar-refractivity contribution >= 4 is 23.8 Å². The van der Waals surface area contributed by atoms with Gasteiger partial charge in [-0.05, 0) is 24.5 Å². The first-order chi connectivity index (χ1) is 14.3. The lowest BCUT2D eigenvalue weighted by molar-refractivity contribution is -0.385. The Bertz CT molecular complexity index is 939. The Labute approximate surface area is 171 Å². The van der Waals surface area contributed by atoms with Crippen LogP contribution in [-0.2, 0) is 0 Å². The quantitative estimate of drug-likeness (QED) is 0.437. The molecule has 3 rings (SSSR count). The van der Waals surface area contributed by atoms with Crippen molar-refractivity contribution in [3.63, 3.8) is 0 Å². The van der Waals surface area contributed by atoms with Crippen LogP contribution >= 0.6 is 0 Å². The maximum absolute atomic E-state index is 12.0. The van der Waals surface area contributed by atoms with Crippen LogP contribution < -0.4 is 5.11 Å². The number of benzene rings is 2. The van der Waals surface area contributed by atoms with Gasteiger partial charge in [0.2, 0.25) is 0 Å². The van der Waals surface area contributed by atoms with Crippen molar-refractivity contribution in [3.05, 3.63) is 67.8 Å². The van der Waals surface area contributed by atoms with Gasteiger partial charge in [0.15, 0.2) is 0 Å². The van der Waals surface area contributed by atoms with E-state index in [1.807, 2.05) is 0 Å². The van der Waals surface area contributed by atoms with Crippen LogP contribution in [-0.4, -0.2) is 39.5 Å². The largest absolute Gasteiger partial charge is 0.872 e. The molecule has 2 aromatic carbocycles. The number of rotatable bonds is 6. The average Bonchev–Trinajstić information content (AvgIpc) is 2.72. The number of hydrogen-bond donors (Lipinski definition) is 1. The van der Waals surface area contributed by atoms with Gasteiger partial charge < -0.3 is 10.2 Å². The van der Waals surface area contributed by atoms with E-state index in [2.05, 4.69) is 9.98 Å². The van der Waals surface area contributed by atoms with Crippen LogP contribution in [0, 0.1) is 20.2 Å². The molecule has 2 atom stereocenters. The molecule has 0 amide bonds. The van der Waals surface area contributed by atoms with E-state index in [1.165, 1.54) is 36.7 Å². The van der Waals surface area contributed by atoms with Crippen molar-refractivity contribution in [2.75, 3.05) is 0 Å². The molecular weight excluding hydrogens is 392 g/mol. The lowest BCUT2D eigenvalue weighted by atomic mass is 9.91. The van der Waals surface area contributed by atoms with Gasteiger partial charge in [-0.25, -0.2) is 0 Å². The molecule has 10 heteroatoms. The first kappa shape index (κ1) is 20.9. The Kier molecular flexibility index (Phi) is 6.35. The molecule has 0 radical (unpaired) electrons. The SMILES string of the molecule is O=[N+]([O-])c1ccc([O-])c(C=NC2CCCCC2N=Cc2cc([N+](=O)[O-])ccc2O)c1. The molecule has 0 saturated heterocycles. The lowest BCUT2D eigenvalue weighted by Gasteiger charge is -2.25. The second-order valence-electron chi connectivity index (χ2n) is 6.95. The van der Waals surface area contributed by atoms with Crippen molar-refractivity contribution < 1.29 is 20.1 Å². The van der Waals surface area contributed by atoms with E-state index in [1.54, 1.807) is 0 Å². The molecule has 0 aromatic heterocycles. The van der Waals surface area contributed by atoms with Gasteiger partial charge in [0, 0.05) is 42.3 Å². The summed E-state index contributed by atoms with van der Waals surface area (Å²) >= 11 is 0. The maximum atomic E-state index is 12.0. The fraction of sp³-hybridized carbons (Fsp3) is 0.300. The van der Waals surface area contributed by atoms with Gasteiger partial charge in [-0.15, -0.1) is 0 Å². The Hall–Kier alpha value is -3.82. The fourth-order valence-electron chi connectivity index (χ4n) is 3.30. The number of hydrogen-bond acceptors (Lipinski definition) is 8. The van der Waals surface area contributed by atoms with E-state index in [0.717, 1.165) is 37.8 Å². The van der Waals surface area contributed by atoms with Gasteiger partial charge in [-0.3, -0.25) is 30.2 Å². The molecule has 0 spiro atoms. The summed E-state index contributed by atoms with van der Waals surface area (Å²) in [6.45, 7) is 0. The Morgan fingerprint density at radius 2 is 1.37 bits per heavy atom.